The number of ether oxygens (including phenoxy) is 1. The molecule has 0 spiro atoms. The minimum Gasteiger partial charge on any atom is -0.454 e. The normalized spacial score (nSPS) is 15.4. The summed E-state index contributed by atoms with van der Waals surface area (Å²) in [6.45, 7) is 7.23. The van der Waals surface area contributed by atoms with Crippen LogP contribution in [0.25, 0.3) is 0 Å². The lowest BCUT2D eigenvalue weighted by atomic mass is 10.0. The Morgan fingerprint density at radius 1 is 1.07 bits per heavy atom. The topological polar surface area (TPSA) is 92.8 Å². The van der Waals surface area contributed by atoms with Crippen LogP contribution in [0.3, 0.4) is 0 Å². The first-order chi connectivity index (χ1) is 13.3. The average molecular weight is 388 g/mol. The van der Waals surface area contributed by atoms with Crippen LogP contribution in [0.15, 0.2) is 24.3 Å². The van der Waals surface area contributed by atoms with Gasteiger partial charge in [0, 0.05) is 6.04 Å². The molecule has 1 aliphatic rings. The number of esters is 1. The van der Waals surface area contributed by atoms with Gasteiger partial charge in [0.2, 0.25) is 0 Å². The maximum absolute atomic E-state index is 12.7. The Bertz CT molecular complexity index is 724. The molecule has 28 heavy (non-hydrogen) atoms. The Labute approximate surface area is 165 Å². The zero-order valence-corrected chi connectivity index (χ0v) is 16.9. The lowest BCUT2D eigenvalue weighted by Gasteiger charge is -2.26. The van der Waals surface area contributed by atoms with E-state index in [4.69, 9.17) is 4.74 Å². The van der Waals surface area contributed by atoms with E-state index in [1.807, 2.05) is 27.7 Å². The Hall–Kier alpha value is -2.70. The zero-order chi connectivity index (χ0) is 20.8. The molecule has 1 aromatic carbocycles. The van der Waals surface area contributed by atoms with Crippen LogP contribution in [-0.4, -0.2) is 47.3 Å². The van der Waals surface area contributed by atoms with Gasteiger partial charge in [-0.05, 0) is 37.8 Å². The predicted molar refractivity (Wildman–Crippen MR) is 104 cm³/mol. The van der Waals surface area contributed by atoms with E-state index < -0.39 is 36.3 Å². The summed E-state index contributed by atoms with van der Waals surface area (Å²) >= 11 is 0. The number of amides is 3. The van der Waals surface area contributed by atoms with Crippen molar-refractivity contribution in [2.45, 2.75) is 59.0 Å². The summed E-state index contributed by atoms with van der Waals surface area (Å²) in [6, 6.07) is 5.40. The number of benzene rings is 1. The fourth-order valence-corrected chi connectivity index (χ4v) is 3.30. The molecular weight excluding hydrogens is 360 g/mol. The molecule has 3 amide bonds. The molecule has 152 valence electrons. The van der Waals surface area contributed by atoms with Gasteiger partial charge in [-0.2, -0.15) is 0 Å². The number of carbonyl (C=O) groups excluding carboxylic acids is 4. The SMILES string of the molecule is CCC[C@H](C)NC(=O)COC(=O)[C@@H](CC(C)C)N1C(=O)c2ccccc2C1=O. The van der Waals surface area contributed by atoms with Crippen molar-refractivity contribution in [1.82, 2.24) is 10.2 Å². The summed E-state index contributed by atoms with van der Waals surface area (Å²) < 4.78 is 5.16. The number of fused-ring (bicyclic) bond motifs is 1. The standard InChI is InChI=1S/C21H28N2O5/c1-5-8-14(4)22-18(24)12-28-21(27)17(11-13(2)3)23-19(25)15-9-6-7-10-16(15)20(23)26/h6-7,9-10,13-14,17H,5,8,11-12H2,1-4H3,(H,22,24)/t14-,17+/m0/s1. The van der Waals surface area contributed by atoms with Crippen molar-refractivity contribution in [3.63, 3.8) is 0 Å². The molecule has 7 nitrogen and oxygen atoms in total. The van der Waals surface area contributed by atoms with E-state index in [2.05, 4.69) is 5.32 Å². The molecule has 1 heterocycles. The third kappa shape index (κ3) is 4.97. The Morgan fingerprint density at radius 3 is 2.14 bits per heavy atom. The number of imide groups is 1. The zero-order valence-electron chi connectivity index (χ0n) is 16.9. The molecular formula is C21H28N2O5. The molecule has 2 rings (SSSR count). The highest BCUT2D eigenvalue weighted by Gasteiger charge is 2.43. The van der Waals surface area contributed by atoms with Crippen LogP contribution in [0.5, 0.6) is 0 Å². The van der Waals surface area contributed by atoms with E-state index in [9.17, 15) is 19.2 Å². The summed E-state index contributed by atoms with van der Waals surface area (Å²) in [5.74, 6) is -2.13. The Kier molecular flexibility index (Phi) is 7.31. The Balaban J connectivity index is 2.10. The molecule has 0 saturated heterocycles. The van der Waals surface area contributed by atoms with Gasteiger partial charge < -0.3 is 10.1 Å². The van der Waals surface area contributed by atoms with Crippen LogP contribution in [0.4, 0.5) is 0 Å². The average Bonchev–Trinajstić information content (AvgIpc) is 2.89. The molecule has 0 bridgehead atoms. The minimum atomic E-state index is -1.06. The fraction of sp³-hybridized carbons (Fsp3) is 0.524. The highest BCUT2D eigenvalue weighted by Crippen LogP contribution is 2.27. The van der Waals surface area contributed by atoms with Crippen LogP contribution in [0.1, 0.15) is 67.7 Å². The minimum absolute atomic E-state index is 0.0149. The summed E-state index contributed by atoms with van der Waals surface area (Å²) in [7, 11) is 0. The molecule has 1 aromatic rings. The summed E-state index contributed by atoms with van der Waals surface area (Å²) in [5.41, 5.74) is 0.556. The summed E-state index contributed by atoms with van der Waals surface area (Å²) in [5, 5.41) is 2.75. The van der Waals surface area contributed by atoms with Crippen molar-refractivity contribution in [3.05, 3.63) is 35.4 Å². The van der Waals surface area contributed by atoms with Crippen molar-refractivity contribution >= 4 is 23.7 Å². The lowest BCUT2D eigenvalue weighted by molar-refractivity contribution is -0.153. The Morgan fingerprint density at radius 2 is 1.64 bits per heavy atom. The molecule has 0 unspecified atom stereocenters. The second-order valence-electron chi connectivity index (χ2n) is 7.54. The third-order valence-electron chi connectivity index (χ3n) is 4.58. The second kappa shape index (κ2) is 9.48. The smallest absolute Gasteiger partial charge is 0.329 e. The molecule has 1 aliphatic heterocycles. The van der Waals surface area contributed by atoms with E-state index in [1.54, 1.807) is 24.3 Å². The molecule has 0 aromatic heterocycles. The lowest BCUT2D eigenvalue weighted by Crippen LogP contribution is -2.47. The fourth-order valence-electron chi connectivity index (χ4n) is 3.30. The molecule has 0 aliphatic carbocycles. The molecule has 2 atom stereocenters. The number of hydrogen-bond donors (Lipinski definition) is 1. The highest BCUT2D eigenvalue weighted by atomic mass is 16.5. The highest BCUT2D eigenvalue weighted by molar-refractivity contribution is 6.22. The monoisotopic (exact) mass is 388 g/mol. The van der Waals surface area contributed by atoms with E-state index in [-0.39, 0.29) is 29.5 Å². The van der Waals surface area contributed by atoms with Gasteiger partial charge in [0.1, 0.15) is 6.04 Å². The van der Waals surface area contributed by atoms with Crippen molar-refractivity contribution in [2.75, 3.05) is 6.61 Å². The van der Waals surface area contributed by atoms with Gasteiger partial charge in [0.05, 0.1) is 11.1 Å². The first kappa shape index (κ1) is 21.6. The van der Waals surface area contributed by atoms with E-state index in [0.717, 1.165) is 17.7 Å². The summed E-state index contributed by atoms with van der Waals surface area (Å²) in [6.07, 6.45) is 2.01. The molecule has 0 fully saturated rings. The predicted octanol–water partition coefficient (Wildman–Crippen LogP) is 2.55. The van der Waals surface area contributed by atoms with Crippen LogP contribution < -0.4 is 5.32 Å². The van der Waals surface area contributed by atoms with Crippen molar-refractivity contribution in [2.24, 2.45) is 5.92 Å². The quantitative estimate of drug-likeness (QED) is 0.518. The number of hydrogen-bond acceptors (Lipinski definition) is 5. The number of rotatable bonds is 9. The van der Waals surface area contributed by atoms with Crippen LogP contribution >= 0.6 is 0 Å². The summed E-state index contributed by atoms with van der Waals surface area (Å²) in [4.78, 5) is 51.0. The van der Waals surface area contributed by atoms with Gasteiger partial charge in [-0.15, -0.1) is 0 Å². The van der Waals surface area contributed by atoms with Crippen LogP contribution in [0.2, 0.25) is 0 Å². The third-order valence-corrected chi connectivity index (χ3v) is 4.58. The molecule has 1 N–H and O–H groups in total. The van der Waals surface area contributed by atoms with Crippen molar-refractivity contribution in [3.8, 4) is 0 Å². The molecule has 0 saturated carbocycles. The van der Waals surface area contributed by atoms with E-state index in [0.29, 0.717) is 0 Å². The first-order valence-electron chi connectivity index (χ1n) is 9.69. The van der Waals surface area contributed by atoms with E-state index in [1.165, 1.54) is 0 Å². The van der Waals surface area contributed by atoms with Crippen LogP contribution in [-0.2, 0) is 14.3 Å². The first-order valence-corrected chi connectivity index (χ1v) is 9.69. The van der Waals surface area contributed by atoms with Gasteiger partial charge >= 0.3 is 5.97 Å². The van der Waals surface area contributed by atoms with Gasteiger partial charge in [0.25, 0.3) is 17.7 Å². The number of nitrogens with one attached hydrogen (secondary N) is 1. The second-order valence-corrected chi connectivity index (χ2v) is 7.54. The maximum atomic E-state index is 12.7. The maximum Gasteiger partial charge on any atom is 0.329 e. The van der Waals surface area contributed by atoms with E-state index >= 15 is 0 Å². The van der Waals surface area contributed by atoms with Crippen molar-refractivity contribution < 1.29 is 23.9 Å². The molecule has 7 heteroatoms. The van der Waals surface area contributed by atoms with Gasteiger partial charge in [0.15, 0.2) is 6.61 Å². The van der Waals surface area contributed by atoms with Gasteiger partial charge in [-0.1, -0.05) is 39.3 Å². The largest absolute Gasteiger partial charge is 0.454 e. The van der Waals surface area contributed by atoms with Gasteiger partial charge in [-0.3, -0.25) is 19.3 Å². The number of carbonyl (C=O) groups is 4. The van der Waals surface area contributed by atoms with Gasteiger partial charge in [-0.25, -0.2) is 4.79 Å². The number of nitrogens with zero attached hydrogens (tertiary/aromatic N) is 1. The van der Waals surface area contributed by atoms with Crippen LogP contribution in [0, 0.1) is 5.92 Å². The van der Waals surface area contributed by atoms with Crippen molar-refractivity contribution in [1.29, 1.82) is 0 Å². The molecule has 0 radical (unpaired) electrons.